The molecule has 4 heterocycles. The summed E-state index contributed by atoms with van der Waals surface area (Å²) in [4.78, 5) is 30.2. The number of aromatic nitrogens is 4. The second-order valence-electron chi connectivity index (χ2n) is 7.20. The third-order valence-corrected chi connectivity index (χ3v) is 5.47. The molecule has 0 aliphatic carbocycles. The Hall–Kier alpha value is -2.32. The van der Waals surface area contributed by atoms with Crippen LogP contribution >= 0.6 is 0 Å². The van der Waals surface area contributed by atoms with Gasteiger partial charge >= 0.3 is 0 Å². The molecule has 1 amide bonds. The van der Waals surface area contributed by atoms with Crippen molar-refractivity contribution in [1.82, 2.24) is 29.3 Å². The smallest absolute Gasteiger partial charge is 0.223 e. The van der Waals surface area contributed by atoms with Gasteiger partial charge in [-0.25, -0.2) is 15.0 Å². The molecule has 1 atom stereocenters. The van der Waals surface area contributed by atoms with Crippen LogP contribution in [-0.4, -0.2) is 74.6 Å². The number of carbonyl (C=O) groups is 1. The van der Waals surface area contributed by atoms with Gasteiger partial charge in [0.15, 0.2) is 0 Å². The Balaban J connectivity index is 1.49. The number of aryl methyl sites for hydroxylation is 2. The monoisotopic (exact) mass is 370 g/mol. The molecule has 1 unspecified atom stereocenters. The molecule has 0 bridgehead atoms. The molecule has 8 heteroatoms. The van der Waals surface area contributed by atoms with Gasteiger partial charge in [-0.05, 0) is 12.0 Å². The van der Waals surface area contributed by atoms with Crippen LogP contribution in [0.1, 0.15) is 29.4 Å². The topological polar surface area (TPSA) is 76.4 Å². The van der Waals surface area contributed by atoms with Gasteiger partial charge in [-0.3, -0.25) is 9.69 Å². The molecule has 1 fully saturated rings. The number of hydrogen-bond acceptors (Lipinski definition) is 6. The number of morpholine rings is 1. The van der Waals surface area contributed by atoms with E-state index in [-0.39, 0.29) is 11.9 Å². The molecule has 2 aliphatic rings. The molecule has 2 aliphatic heterocycles. The van der Waals surface area contributed by atoms with E-state index in [2.05, 4.69) is 24.4 Å². The van der Waals surface area contributed by atoms with Gasteiger partial charge in [-0.2, -0.15) is 0 Å². The Labute approximate surface area is 159 Å². The lowest BCUT2D eigenvalue weighted by Crippen LogP contribution is -2.48. The van der Waals surface area contributed by atoms with Crippen LogP contribution in [0.4, 0.5) is 0 Å². The summed E-state index contributed by atoms with van der Waals surface area (Å²) in [6.07, 6.45) is 8.91. The number of fused-ring (bicyclic) bond motifs is 1. The fourth-order valence-corrected chi connectivity index (χ4v) is 3.95. The normalized spacial score (nSPS) is 20.5. The highest BCUT2D eigenvalue weighted by atomic mass is 16.5. The van der Waals surface area contributed by atoms with Crippen molar-refractivity contribution in [3.8, 4) is 0 Å². The summed E-state index contributed by atoms with van der Waals surface area (Å²) in [5.74, 6) is 0.174. The molecule has 144 valence electrons. The molecule has 0 aromatic carbocycles. The zero-order valence-corrected chi connectivity index (χ0v) is 15.8. The maximum absolute atomic E-state index is 13.0. The summed E-state index contributed by atoms with van der Waals surface area (Å²) in [6, 6.07) is 0.00701. The van der Waals surface area contributed by atoms with E-state index in [1.807, 2.05) is 18.3 Å². The fourth-order valence-electron chi connectivity index (χ4n) is 3.95. The first-order valence-electron chi connectivity index (χ1n) is 9.56. The van der Waals surface area contributed by atoms with Crippen molar-refractivity contribution in [2.45, 2.75) is 25.3 Å². The van der Waals surface area contributed by atoms with Crippen molar-refractivity contribution in [3.63, 3.8) is 0 Å². The van der Waals surface area contributed by atoms with Crippen molar-refractivity contribution in [1.29, 1.82) is 0 Å². The van der Waals surface area contributed by atoms with Crippen LogP contribution in [-0.2, 0) is 29.4 Å². The van der Waals surface area contributed by atoms with Gasteiger partial charge in [0.2, 0.25) is 5.91 Å². The minimum absolute atomic E-state index is 0.00701. The van der Waals surface area contributed by atoms with Gasteiger partial charge < -0.3 is 14.2 Å². The number of rotatable bonds is 5. The highest BCUT2D eigenvalue weighted by Gasteiger charge is 2.34. The molecule has 27 heavy (non-hydrogen) atoms. The maximum Gasteiger partial charge on any atom is 0.223 e. The molecule has 2 aromatic heterocycles. The van der Waals surface area contributed by atoms with Crippen LogP contribution in [0.5, 0.6) is 0 Å². The van der Waals surface area contributed by atoms with Crippen molar-refractivity contribution in [2.75, 3.05) is 39.4 Å². The first kappa shape index (κ1) is 18.1. The van der Waals surface area contributed by atoms with Gasteiger partial charge in [0.1, 0.15) is 6.33 Å². The summed E-state index contributed by atoms with van der Waals surface area (Å²) < 4.78 is 7.56. The maximum atomic E-state index is 13.0. The standard InChI is InChI=1S/C19H26N6O2/c1-23-14-22-19-16(23)4-5-25(17(19)12-24-6-8-27-9-7-24)18(26)3-2-15-10-20-13-21-11-15/h10-11,13-14,17H,2-9,12H2,1H3. The Bertz CT molecular complexity index is 772. The molecule has 4 rings (SSSR count). The summed E-state index contributed by atoms with van der Waals surface area (Å²) >= 11 is 0. The van der Waals surface area contributed by atoms with E-state index in [4.69, 9.17) is 4.74 Å². The average molecular weight is 370 g/mol. The van der Waals surface area contributed by atoms with Crippen LogP contribution in [0.2, 0.25) is 0 Å². The third kappa shape index (κ3) is 4.01. The molecule has 2 aromatic rings. The molecule has 0 radical (unpaired) electrons. The average Bonchev–Trinajstić information content (AvgIpc) is 3.09. The summed E-state index contributed by atoms with van der Waals surface area (Å²) in [6.45, 7) is 4.87. The van der Waals surface area contributed by atoms with Crippen LogP contribution in [0.25, 0.3) is 0 Å². The van der Waals surface area contributed by atoms with Crippen LogP contribution < -0.4 is 0 Å². The second-order valence-corrected chi connectivity index (χ2v) is 7.20. The lowest BCUT2D eigenvalue weighted by atomic mass is 10.0. The van der Waals surface area contributed by atoms with Crippen molar-refractivity contribution < 1.29 is 9.53 Å². The number of hydrogen-bond donors (Lipinski definition) is 0. The number of carbonyl (C=O) groups excluding carboxylic acids is 1. The van der Waals surface area contributed by atoms with Gasteiger partial charge in [0.05, 0.1) is 31.3 Å². The van der Waals surface area contributed by atoms with E-state index in [9.17, 15) is 4.79 Å². The molecular formula is C19H26N6O2. The quantitative estimate of drug-likeness (QED) is 0.767. The highest BCUT2D eigenvalue weighted by molar-refractivity contribution is 5.77. The number of nitrogens with zero attached hydrogens (tertiary/aromatic N) is 6. The van der Waals surface area contributed by atoms with E-state index in [0.717, 1.165) is 57.1 Å². The molecule has 0 N–H and O–H groups in total. The molecule has 0 spiro atoms. The van der Waals surface area contributed by atoms with Crippen molar-refractivity contribution in [3.05, 3.63) is 42.0 Å². The van der Waals surface area contributed by atoms with Crippen LogP contribution in [0.3, 0.4) is 0 Å². The summed E-state index contributed by atoms with van der Waals surface area (Å²) in [5, 5.41) is 0. The van der Waals surface area contributed by atoms with E-state index < -0.39 is 0 Å². The van der Waals surface area contributed by atoms with Crippen LogP contribution in [0.15, 0.2) is 25.0 Å². The largest absolute Gasteiger partial charge is 0.379 e. The second kappa shape index (κ2) is 8.14. The summed E-state index contributed by atoms with van der Waals surface area (Å²) in [7, 11) is 2.03. The number of imidazole rings is 1. The zero-order valence-electron chi connectivity index (χ0n) is 15.8. The first-order valence-corrected chi connectivity index (χ1v) is 9.56. The molecule has 1 saturated heterocycles. The zero-order chi connectivity index (χ0) is 18.6. The Kier molecular flexibility index (Phi) is 5.45. The van der Waals surface area contributed by atoms with E-state index in [1.54, 1.807) is 12.4 Å². The Morgan fingerprint density at radius 1 is 1.22 bits per heavy atom. The molecular weight excluding hydrogens is 344 g/mol. The lowest BCUT2D eigenvalue weighted by molar-refractivity contribution is -0.135. The van der Waals surface area contributed by atoms with Gasteiger partial charge in [-0.1, -0.05) is 0 Å². The number of ether oxygens (including phenoxy) is 1. The van der Waals surface area contributed by atoms with Crippen molar-refractivity contribution in [2.24, 2.45) is 7.05 Å². The summed E-state index contributed by atoms with van der Waals surface area (Å²) in [5.41, 5.74) is 3.28. The van der Waals surface area contributed by atoms with E-state index in [1.165, 1.54) is 12.0 Å². The highest BCUT2D eigenvalue weighted by Crippen LogP contribution is 2.30. The minimum atomic E-state index is 0.00701. The van der Waals surface area contributed by atoms with Crippen molar-refractivity contribution >= 4 is 5.91 Å². The SMILES string of the molecule is Cn1cnc2c1CCN(C(=O)CCc1cncnc1)C2CN1CCOCC1. The van der Waals surface area contributed by atoms with Gasteiger partial charge in [0.25, 0.3) is 0 Å². The van der Waals surface area contributed by atoms with E-state index >= 15 is 0 Å². The first-order chi connectivity index (χ1) is 13.2. The molecule has 0 saturated carbocycles. The lowest BCUT2D eigenvalue weighted by Gasteiger charge is -2.39. The van der Waals surface area contributed by atoms with E-state index in [0.29, 0.717) is 12.8 Å². The minimum Gasteiger partial charge on any atom is -0.379 e. The Morgan fingerprint density at radius 2 is 2.00 bits per heavy atom. The fraction of sp³-hybridized carbons (Fsp3) is 0.579. The third-order valence-electron chi connectivity index (χ3n) is 5.47. The van der Waals surface area contributed by atoms with Crippen LogP contribution in [0, 0.1) is 0 Å². The molecule has 8 nitrogen and oxygen atoms in total. The van der Waals surface area contributed by atoms with Gasteiger partial charge in [0, 0.05) is 64.2 Å². The predicted octanol–water partition coefficient (Wildman–Crippen LogP) is 0.601. The van der Waals surface area contributed by atoms with Gasteiger partial charge in [-0.15, -0.1) is 0 Å². The predicted molar refractivity (Wildman–Crippen MR) is 99.0 cm³/mol. The number of amides is 1. The Morgan fingerprint density at radius 3 is 2.78 bits per heavy atom.